The minimum Gasteiger partial charge on any atom is -0.399 e. The molecule has 1 unspecified atom stereocenters. The van der Waals surface area contributed by atoms with Crippen LogP contribution in [0.2, 0.25) is 5.02 Å². The van der Waals surface area contributed by atoms with Gasteiger partial charge in [-0.1, -0.05) is 29.8 Å². The molecule has 0 bridgehead atoms. The van der Waals surface area contributed by atoms with Crippen molar-refractivity contribution in [3.05, 3.63) is 59.1 Å². The van der Waals surface area contributed by atoms with Crippen molar-refractivity contribution in [1.82, 2.24) is 4.72 Å². The van der Waals surface area contributed by atoms with Crippen LogP contribution < -0.4 is 10.5 Å². The zero-order valence-corrected chi connectivity index (χ0v) is 12.4. The fourth-order valence-corrected chi connectivity index (χ4v) is 3.31. The number of rotatable bonds is 4. The average Bonchev–Trinajstić information content (AvgIpc) is 2.38. The zero-order chi connectivity index (χ0) is 14.8. The van der Waals surface area contributed by atoms with Crippen molar-refractivity contribution in [3.63, 3.8) is 0 Å². The molecule has 3 N–H and O–H groups in total. The van der Waals surface area contributed by atoms with Gasteiger partial charge >= 0.3 is 0 Å². The third-order valence-corrected chi connectivity index (χ3v) is 4.62. The Kier molecular flexibility index (Phi) is 4.32. The third-order valence-electron chi connectivity index (χ3n) is 2.85. The smallest absolute Gasteiger partial charge is 0.241 e. The van der Waals surface area contributed by atoms with Gasteiger partial charge in [0.25, 0.3) is 0 Å². The maximum atomic E-state index is 12.3. The second-order valence-electron chi connectivity index (χ2n) is 4.47. The Hall–Kier alpha value is -1.56. The predicted molar refractivity (Wildman–Crippen MR) is 81.0 cm³/mol. The first-order valence-corrected chi connectivity index (χ1v) is 7.88. The van der Waals surface area contributed by atoms with Crippen molar-refractivity contribution < 1.29 is 8.42 Å². The van der Waals surface area contributed by atoms with Crippen LogP contribution in [0.15, 0.2) is 53.4 Å². The van der Waals surface area contributed by atoms with E-state index in [2.05, 4.69) is 4.72 Å². The Labute approximate surface area is 123 Å². The first kappa shape index (κ1) is 14.8. The lowest BCUT2D eigenvalue weighted by atomic mass is 10.1. The lowest BCUT2D eigenvalue weighted by molar-refractivity contribution is 0.567. The highest BCUT2D eigenvalue weighted by Gasteiger charge is 2.18. The van der Waals surface area contributed by atoms with E-state index < -0.39 is 10.0 Å². The molecule has 0 aromatic heterocycles. The molecule has 0 fully saturated rings. The molecule has 0 radical (unpaired) electrons. The normalized spacial score (nSPS) is 13.1. The van der Waals surface area contributed by atoms with Crippen LogP contribution in [-0.4, -0.2) is 8.42 Å². The quantitative estimate of drug-likeness (QED) is 0.853. The summed E-state index contributed by atoms with van der Waals surface area (Å²) in [7, 11) is -3.62. The van der Waals surface area contributed by atoms with Gasteiger partial charge in [-0.2, -0.15) is 0 Å². The predicted octanol–water partition coefficient (Wildman–Crippen LogP) is 2.96. The molecular weight excluding hydrogens is 296 g/mol. The molecule has 2 aromatic rings. The van der Waals surface area contributed by atoms with Crippen LogP contribution >= 0.6 is 11.6 Å². The Balaban J connectivity index is 2.24. The van der Waals surface area contributed by atoms with Gasteiger partial charge in [-0.25, -0.2) is 13.1 Å². The van der Waals surface area contributed by atoms with Crippen LogP contribution in [0.4, 0.5) is 5.69 Å². The summed E-state index contributed by atoms with van der Waals surface area (Å²) in [6.07, 6.45) is 0. The number of nitrogen functional groups attached to an aromatic ring is 1. The van der Waals surface area contributed by atoms with Crippen LogP contribution in [-0.2, 0) is 10.0 Å². The number of anilines is 1. The monoisotopic (exact) mass is 310 g/mol. The number of nitrogens with one attached hydrogen (secondary N) is 1. The first-order chi connectivity index (χ1) is 9.38. The van der Waals surface area contributed by atoms with Crippen LogP contribution in [0.5, 0.6) is 0 Å². The highest BCUT2D eigenvalue weighted by molar-refractivity contribution is 7.89. The van der Waals surface area contributed by atoms with Crippen LogP contribution in [0.3, 0.4) is 0 Å². The second-order valence-corrected chi connectivity index (χ2v) is 6.62. The summed E-state index contributed by atoms with van der Waals surface area (Å²) in [4.78, 5) is 0.145. The van der Waals surface area contributed by atoms with E-state index in [4.69, 9.17) is 17.3 Å². The van der Waals surface area contributed by atoms with Gasteiger partial charge in [0.15, 0.2) is 0 Å². The molecule has 106 valence electrons. The van der Waals surface area contributed by atoms with Gasteiger partial charge in [0.05, 0.1) is 4.90 Å². The molecule has 20 heavy (non-hydrogen) atoms. The SMILES string of the molecule is CC(NS(=O)(=O)c1cccc(N)c1)c1cccc(Cl)c1. The van der Waals surface area contributed by atoms with E-state index in [0.717, 1.165) is 5.56 Å². The topological polar surface area (TPSA) is 72.2 Å². The van der Waals surface area contributed by atoms with E-state index in [0.29, 0.717) is 10.7 Å². The third kappa shape index (κ3) is 3.50. The molecule has 0 heterocycles. The van der Waals surface area contributed by atoms with Gasteiger partial charge in [0.1, 0.15) is 0 Å². The van der Waals surface area contributed by atoms with Crippen LogP contribution in [0.1, 0.15) is 18.5 Å². The number of hydrogen-bond acceptors (Lipinski definition) is 3. The number of hydrogen-bond donors (Lipinski definition) is 2. The van der Waals surface area contributed by atoms with E-state index in [-0.39, 0.29) is 10.9 Å². The highest BCUT2D eigenvalue weighted by Crippen LogP contribution is 2.20. The summed E-state index contributed by atoms with van der Waals surface area (Å²) in [5, 5.41) is 0.567. The van der Waals surface area contributed by atoms with E-state index in [1.54, 1.807) is 37.3 Å². The van der Waals surface area contributed by atoms with Gasteiger partial charge in [-0.05, 0) is 42.8 Å². The molecule has 0 saturated heterocycles. The van der Waals surface area contributed by atoms with Crippen LogP contribution in [0, 0.1) is 0 Å². The van der Waals surface area contributed by atoms with Crippen LogP contribution in [0.25, 0.3) is 0 Å². The van der Waals surface area contributed by atoms with E-state index in [1.165, 1.54) is 12.1 Å². The van der Waals surface area contributed by atoms with Gasteiger partial charge < -0.3 is 5.73 Å². The number of nitrogens with two attached hydrogens (primary N) is 1. The first-order valence-electron chi connectivity index (χ1n) is 6.02. The number of halogens is 1. The Morgan fingerprint density at radius 1 is 1.15 bits per heavy atom. The molecule has 0 spiro atoms. The zero-order valence-electron chi connectivity index (χ0n) is 10.9. The van der Waals surface area contributed by atoms with E-state index in [9.17, 15) is 8.42 Å². The van der Waals surface area contributed by atoms with Crippen molar-refractivity contribution in [3.8, 4) is 0 Å². The van der Waals surface area contributed by atoms with E-state index >= 15 is 0 Å². The van der Waals surface area contributed by atoms with E-state index in [1.807, 2.05) is 6.07 Å². The fourth-order valence-electron chi connectivity index (χ4n) is 1.83. The lowest BCUT2D eigenvalue weighted by Crippen LogP contribution is -2.26. The highest BCUT2D eigenvalue weighted by atomic mass is 35.5. The van der Waals surface area contributed by atoms with Crippen molar-refractivity contribution >= 4 is 27.3 Å². The van der Waals surface area contributed by atoms with Crippen molar-refractivity contribution in [2.24, 2.45) is 0 Å². The van der Waals surface area contributed by atoms with Crippen molar-refractivity contribution in [2.75, 3.05) is 5.73 Å². The molecule has 0 amide bonds. The molecule has 0 aliphatic carbocycles. The molecule has 6 heteroatoms. The summed E-state index contributed by atoms with van der Waals surface area (Å²) >= 11 is 5.90. The summed E-state index contributed by atoms with van der Waals surface area (Å²) in [5.41, 5.74) is 6.81. The summed E-state index contributed by atoms with van der Waals surface area (Å²) < 4.78 is 27.1. The average molecular weight is 311 g/mol. The molecule has 4 nitrogen and oxygen atoms in total. The molecule has 2 rings (SSSR count). The molecular formula is C14H15ClN2O2S. The molecule has 2 aromatic carbocycles. The summed E-state index contributed by atoms with van der Waals surface area (Å²) in [5.74, 6) is 0. The molecule has 0 aliphatic heterocycles. The second kappa shape index (κ2) is 5.83. The maximum Gasteiger partial charge on any atom is 0.241 e. The van der Waals surface area contributed by atoms with Gasteiger partial charge in [0, 0.05) is 16.8 Å². The van der Waals surface area contributed by atoms with Gasteiger partial charge in [0.2, 0.25) is 10.0 Å². The minimum absolute atomic E-state index is 0.145. The lowest BCUT2D eigenvalue weighted by Gasteiger charge is -2.15. The molecule has 0 saturated carbocycles. The minimum atomic E-state index is -3.62. The molecule has 0 aliphatic rings. The number of sulfonamides is 1. The largest absolute Gasteiger partial charge is 0.399 e. The Morgan fingerprint density at radius 2 is 1.85 bits per heavy atom. The maximum absolute atomic E-state index is 12.3. The van der Waals surface area contributed by atoms with Gasteiger partial charge in [-0.3, -0.25) is 0 Å². The number of benzene rings is 2. The fraction of sp³-hybridized carbons (Fsp3) is 0.143. The molecule has 1 atom stereocenters. The van der Waals surface area contributed by atoms with Crippen molar-refractivity contribution in [2.45, 2.75) is 17.9 Å². The standard InChI is InChI=1S/C14H15ClN2O2S/c1-10(11-4-2-5-12(15)8-11)17-20(18,19)14-7-3-6-13(16)9-14/h2-10,17H,16H2,1H3. The summed E-state index contributed by atoms with van der Waals surface area (Å²) in [6, 6.07) is 12.9. The summed E-state index contributed by atoms with van der Waals surface area (Å²) in [6.45, 7) is 1.76. The Bertz CT molecular complexity index is 717. The Morgan fingerprint density at radius 3 is 2.50 bits per heavy atom. The van der Waals surface area contributed by atoms with Crippen molar-refractivity contribution in [1.29, 1.82) is 0 Å². The van der Waals surface area contributed by atoms with Gasteiger partial charge in [-0.15, -0.1) is 0 Å².